The van der Waals surface area contributed by atoms with Crippen LogP contribution in [0.15, 0.2) is 30.3 Å². The fraction of sp³-hybridized carbons (Fsp3) is 0.389. The average molecular weight is 347 g/mol. The van der Waals surface area contributed by atoms with Crippen molar-refractivity contribution >= 4 is 23.8 Å². The summed E-state index contributed by atoms with van der Waals surface area (Å²) in [4.78, 5) is 35.3. The zero-order chi connectivity index (χ0) is 19.0. The second kappa shape index (κ2) is 9.46. The van der Waals surface area contributed by atoms with E-state index in [2.05, 4.69) is 10.6 Å². The zero-order valence-corrected chi connectivity index (χ0v) is 14.9. The number of hydrogen-bond acceptors (Lipinski definition) is 4. The lowest BCUT2D eigenvalue weighted by Gasteiger charge is -2.21. The Morgan fingerprint density at radius 1 is 1.08 bits per heavy atom. The molecule has 1 aromatic rings. The lowest BCUT2D eigenvalue weighted by atomic mass is 10.0. The molecule has 7 heteroatoms. The van der Waals surface area contributed by atoms with Crippen molar-refractivity contribution in [1.29, 1.82) is 0 Å². The van der Waals surface area contributed by atoms with Gasteiger partial charge in [-0.2, -0.15) is 0 Å². The second-order valence-electron chi connectivity index (χ2n) is 5.97. The van der Waals surface area contributed by atoms with Crippen molar-refractivity contribution < 1.29 is 19.1 Å². The Balaban J connectivity index is 2.58. The minimum absolute atomic E-state index is 0.140. The van der Waals surface area contributed by atoms with Crippen LogP contribution in [0.5, 0.6) is 5.75 Å². The van der Waals surface area contributed by atoms with Gasteiger partial charge in [-0.1, -0.05) is 26.0 Å². The van der Waals surface area contributed by atoms with Crippen molar-refractivity contribution in [3.63, 3.8) is 0 Å². The van der Waals surface area contributed by atoms with Gasteiger partial charge in [0, 0.05) is 6.08 Å². The molecule has 0 aromatic heterocycles. The highest BCUT2D eigenvalue weighted by molar-refractivity contribution is 5.96. The number of rotatable bonds is 8. The molecule has 0 saturated heterocycles. The van der Waals surface area contributed by atoms with Gasteiger partial charge < -0.3 is 21.1 Å². The van der Waals surface area contributed by atoms with Gasteiger partial charge in [0.15, 0.2) is 0 Å². The van der Waals surface area contributed by atoms with E-state index in [1.54, 1.807) is 51.3 Å². The predicted octanol–water partition coefficient (Wildman–Crippen LogP) is 0.839. The lowest BCUT2D eigenvalue weighted by molar-refractivity contribution is -0.130. The molecule has 4 N–H and O–H groups in total. The Kier molecular flexibility index (Phi) is 7.65. The van der Waals surface area contributed by atoms with Crippen LogP contribution in [0.4, 0.5) is 0 Å². The number of carbonyl (C=O) groups excluding carboxylic acids is 3. The number of hydrogen-bond donors (Lipinski definition) is 3. The first-order chi connectivity index (χ1) is 11.7. The number of carbonyl (C=O) groups is 3. The van der Waals surface area contributed by atoms with Crippen LogP contribution in [0.25, 0.3) is 6.08 Å². The number of ether oxygens (including phenoxy) is 1. The summed E-state index contributed by atoms with van der Waals surface area (Å²) in [6.45, 7) is 5.08. The van der Waals surface area contributed by atoms with Crippen LogP contribution in [-0.2, 0) is 14.4 Å². The molecular weight excluding hydrogens is 322 g/mol. The van der Waals surface area contributed by atoms with E-state index in [0.29, 0.717) is 0 Å². The molecule has 0 aliphatic carbocycles. The van der Waals surface area contributed by atoms with E-state index >= 15 is 0 Å². The van der Waals surface area contributed by atoms with E-state index in [1.165, 1.54) is 13.0 Å². The van der Waals surface area contributed by atoms with Crippen molar-refractivity contribution in [1.82, 2.24) is 10.6 Å². The third kappa shape index (κ3) is 6.66. The summed E-state index contributed by atoms with van der Waals surface area (Å²) in [6.07, 6.45) is 2.96. The number of benzene rings is 1. The molecular formula is C18H25N3O4. The van der Waals surface area contributed by atoms with Gasteiger partial charge in [0.05, 0.1) is 7.11 Å². The largest absolute Gasteiger partial charge is 0.497 e. The maximum atomic E-state index is 12.1. The first-order valence-corrected chi connectivity index (χ1v) is 7.97. The fourth-order valence-electron chi connectivity index (χ4n) is 2.06. The summed E-state index contributed by atoms with van der Waals surface area (Å²) in [5.74, 6) is -0.913. The van der Waals surface area contributed by atoms with Crippen LogP contribution >= 0.6 is 0 Å². The molecule has 1 aromatic carbocycles. The molecule has 25 heavy (non-hydrogen) atoms. The SMILES string of the molecule is COc1ccc(/C=C/C(=O)N[C@H](C)C(=O)N[C@@H](C(N)=O)C(C)C)cc1. The molecule has 0 unspecified atom stereocenters. The molecule has 0 heterocycles. The summed E-state index contributed by atoms with van der Waals surface area (Å²) in [5.41, 5.74) is 6.08. The van der Waals surface area contributed by atoms with Gasteiger partial charge in [0.25, 0.3) is 0 Å². The molecule has 2 atom stereocenters. The monoisotopic (exact) mass is 347 g/mol. The van der Waals surface area contributed by atoms with E-state index < -0.39 is 29.8 Å². The van der Waals surface area contributed by atoms with Crippen molar-refractivity contribution in [2.45, 2.75) is 32.9 Å². The fourth-order valence-corrected chi connectivity index (χ4v) is 2.06. The topological polar surface area (TPSA) is 111 Å². The highest BCUT2D eigenvalue weighted by atomic mass is 16.5. The smallest absolute Gasteiger partial charge is 0.244 e. The van der Waals surface area contributed by atoms with E-state index in [-0.39, 0.29) is 5.92 Å². The molecule has 3 amide bonds. The first kappa shape index (κ1) is 20.2. The Hall–Kier alpha value is -2.83. The normalized spacial score (nSPS) is 13.3. The van der Waals surface area contributed by atoms with Gasteiger partial charge in [0.2, 0.25) is 17.7 Å². The van der Waals surface area contributed by atoms with E-state index in [4.69, 9.17) is 10.5 Å². The Morgan fingerprint density at radius 2 is 1.68 bits per heavy atom. The molecule has 0 aliphatic heterocycles. The quantitative estimate of drug-likeness (QED) is 0.605. The third-order valence-corrected chi connectivity index (χ3v) is 3.57. The molecule has 1 rings (SSSR count). The Morgan fingerprint density at radius 3 is 2.16 bits per heavy atom. The third-order valence-electron chi connectivity index (χ3n) is 3.57. The number of nitrogens with one attached hydrogen (secondary N) is 2. The minimum atomic E-state index is -0.798. The number of amides is 3. The first-order valence-electron chi connectivity index (χ1n) is 7.97. The van der Waals surface area contributed by atoms with Gasteiger partial charge >= 0.3 is 0 Å². The maximum Gasteiger partial charge on any atom is 0.244 e. The number of primary amides is 1. The highest BCUT2D eigenvalue weighted by Crippen LogP contribution is 2.12. The summed E-state index contributed by atoms with van der Waals surface area (Å²) in [5, 5.41) is 5.08. The molecule has 0 aliphatic rings. The van der Waals surface area contributed by atoms with Gasteiger partial charge in [-0.3, -0.25) is 14.4 Å². The van der Waals surface area contributed by atoms with Gasteiger partial charge in [-0.25, -0.2) is 0 Å². The number of methoxy groups -OCH3 is 1. The molecule has 0 spiro atoms. The van der Waals surface area contributed by atoms with Gasteiger partial charge in [-0.15, -0.1) is 0 Å². The Labute approximate surface area is 147 Å². The van der Waals surface area contributed by atoms with Gasteiger partial charge in [0.1, 0.15) is 17.8 Å². The average Bonchev–Trinajstić information content (AvgIpc) is 2.57. The minimum Gasteiger partial charge on any atom is -0.497 e. The molecule has 136 valence electrons. The molecule has 0 saturated carbocycles. The molecule has 0 bridgehead atoms. The van der Waals surface area contributed by atoms with Crippen molar-refractivity contribution in [3.05, 3.63) is 35.9 Å². The van der Waals surface area contributed by atoms with Crippen molar-refractivity contribution in [2.75, 3.05) is 7.11 Å². The molecule has 0 fully saturated rings. The van der Waals surface area contributed by atoms with Crippen LogP contribution in [0.1, 0.15) is 26.3 Å². The molecule has 7 nitrogen and oxygen atoms in total. The second-order valence-corrected chi connectivity index (χ2v) is 5.97. The lowest BCUT2D eigenvalue weighted by Crippen LogP contribution is -2.53. The highest BCUT2D eigenvalue weighted by Gasteiger charge is 2.24. The summed E-state index contributed by atoms with van der Waals surface area (Å²) < 4.78 is 5.06. The summed E-state index contributed by atoms with van der Waals surface area (Å²) in [6, 6.07) is 5.60. The Bertz CT molecular complexity index is 638. The van der Waals surface area contributed by atoms with E-state index in [1.807, 2.05) is 0 Å². The maximum absolute atomic E-state index is 12.1. The van der Waals surface area contributed by atoms with Crippen LogP contribution in [0.3, 0.4) is 0 Å². The van der Waals surface area contributed by atoms with Crippen LogP contribution < -0.4 is 21.1 Å². The van der Waals surface area contributed by atoms with Crippen LogP contribution in [-0.4, -0.2) is 36.9 Å². The standard InChI is InChI=1S/C18H25N3O4/c1-11(2)16(17(19)23)21-18(24)12(3)20-15(22)10-7-13-5-8-14(25-4)9-6-13/h5-12,16H,1-4H3,(H2,19,23)(H,20,22)(H,21,24)/b10-7+/t12-,16-/m1/s1. The zero-order valence-electron chi connectivity index (χ0n) is 14.9. The predicted molar refractivity (Wildman–Crippen MR) is 95.6 cm³/mol. The molecule has 0 radical (unpaired) electrons. The van der Waals surface area contributed by atoms with Crippen molar-refractivity contribution in [2.24, 2.45) is 11.7 Å². The van der Waals surface area contributed by atoms with Crippen molar-refractivity contribution in [3.8, 4) is 5.75 Å². The summed E-state index contributed by atoms with van der Waals surface area (Å²) in [7, 11) is 1.58. The van der Waals surface area contributed by atoms with Gasteiger partial charge in [-0.05, 0) is 36.6 Å². The van der Waals surface area contributed by atoms with Crippen LogP contribution in [0, 0.1) is 5.92 Å². The van der Waals surface area contributed by atoms with E-state index in [0.717, 1.165) is 11.3 Å². The van der Waals surface area contributed by atoms with Crippen LogP contribution in [0.2, 0.25) is 0 Å². The summed E-state index contributed by atoms with van der Waals surface area (Å²) >= 11 is 0. The number of nitrogens with two attached hydrogens (primary N) is 1. The van der Waals surface area contributed by atoms with E-state index in [9.17, 15) is 14.4 Å².